The summed E-state index contributed by atoms with van der Waals surface area (Å²) in [4.78, 5) is 30.8. The van der Waals surface area contributed by atoms with Gasteiger partial charge in [-0.2, -0.15) is 0 Å². The lowest BCUT2D eigenvalue weighted by Gasteiger charge is -2.32. The number of rotatable bonds is 5. The Morgan fingerprint density at radius 2 is 1.92 bits per heavy atom. The van der Waals surface area contributed by atoms with Crippen molar-refractivity contribution in [2.24, 2.45) is 11.8 Å². The number of nitrogens with one attached hydrogen (secondary N) is 1. The number of piperidine rings is 1. The minimum Gasteiger partial charge on any atom is -0.342 e. The number of anilines is 1. The average Bonchev–Trinajstić information content (AvgIpc) is 3.43. The molecule has 0 bridgehead atoms. The van der Waals surface area contributed by atoms with Crippen LogP contribution in [0.5, 0.6) is 0 Å². The maximum Gasteiger partial charge on any atom is 0.248 e. The molecule has 26 heavy (non-hydrogen) atoms. The number of benzene rings is 1. The molecule has 2 heterocycles. The minimum atomic E-state index is -0.187. The number of hydrogen-bond acceptors (Lipinski definition) is 4. The quantitative estimate of drug-likeness (QED) is 0.890. The zero-order chi connectivity index (χ0) is 17.9. The Labute approximate surface area is 152 Å². The van der Waals surface area contributed by atoms with E-state index in [1.54, 1.807) is 11.0 Å². The standard InChI is InChI=1S/C19H23N5O2/c25-17(16-7-4-10-23(12-16)18(26)15-8-9-15)21-19-20-13-24(22-19)11-14-5-2-1-3-6-14/h1-3,5-6,13,15-16H,4,7-12H2,(H,21,22,25). The third-order valence-corrected chi connectivity index (χ3v) is 4.99. The van der Waals surface area contributed by atoms with Crippen LogP contribution in [0.3, 0.4) is 0 Å². The van der Waals surface area contributed by atoms with E-state index in [0.717, 1.165) is 37.8 Å². The summed E-state index contributed by atoms with van der Waals surface area (Å²) in [5.74, 6) is 0.444. The average molecular weight is 353 g/mol. The van der Waals surface area contributed by atoms with E-state index in [2.05, 4.69) is 15.4 Å². The minimum absolute atomic E-state index is 0.101. The van der Waals surface area contributed by atoms with Crippen LogP contribution >= 0.6 is 0 Å². The molecule has 0 spiro atoms. The Kier molecular flexibility index (Phi) is 4.69. The summed E-state index contributed by atoms with van der Waals surface area (Å²) in [5, 5.41) is 7.13. The Morgan fingerprint density at radius 3 is 2.69 bits per heavy atom. The fourth-order valence-corrected chi connectivity index (χ4v) is 3.39. The van der Waals surface area contributed by atoms with Gasteiger partial charge in [-0.1, -0.05) is 30.3 Å². The molecular weight excluding hydrogens is 330 g/mol. The molecule has 2 fully saturated rings. The molecule has 1 saturated carbocycles. The Bertz CT molecular complexity index is 784. The highest BCUT2D eigenvalue weighted by Gasteiger charge is 2.36. The van der Waals surface area contributed by atoms with Crippen molar-refractivity contribution in [3.63, 3.8) is 0 Å². The maximum atomic E-state index is 12.6. The monoisotopic (exact) mass is 353 g/mol. The first-order valence-corrected chi connectivity index (χ1v) is 9.22. The molecule has 7 nitrogen and oxygen atoms in total. The summed E-state index contributed by atoms with van der Waals surface area (Å²) in [6.07, 6.45) is 5.27. The van der Waals surface area contributed by atoms with Crippen LogP contribution in [0.15, 0.2) is 36.7 Å². The first-order chi connectivity index (χ1) is 12.7. The number of carbonyl (C=O) groups excluding carboxylic acids is 2. The Morgan fingerprint density at radius 1 is 1.12 bits per heavy atom. The molecule has 1 aromatic heterocycles. The van der Waals surface area contributed by atoms with E-state index in [-0.39, 0.29) is 23.7 Å². The number of likely N-dealkylation sites (tertiary alicyclic amines) is 1. The molecule has 1 aliphatic carbocycles. The normalized spacial score (nSPS) is 20.0. The lowest BCUT2D eigenvalue weighted by atomic mass is 9.97. The van der Waals surface area contributed by atoms with Crippen LogP contribution in [-0.4, -0.2) is 44.6 Å². The third-order valence-electron chi connectivity index (χ3n) is 4.99. The molecule has 1 aromatic carbocycles. The summed E-state index contributed by atoms with van der Waals surface area (Å²) in [6, 6.07) is 9.97. The fraction of sp³-hybridized carbons (Fsp3) is 0.474. The van der Waals surface area contributed by atoms with Crippen molar-refractivity contribution >= 4 is 17.8 Å². The van der Waals surface area contributed by atoms with Gasteiger partial charge in [-0.05, 0) is 31.2 Å². The topological polar surface area (TPSA) is 80.1 Å². The molecule has 136 valence electrons. The summed E-state index contributed by atoms with van der Waals surface area (Å²) in [6.45, 7) is 1.88. The summed E-state index contributed by atoms with van der Waals surface area (Å²) < 4.78 is 1.70. The molecule has 1 unspecified atom stereocenters. The van der Waals surface area contributed by atoms with Gasteiger partial charge in [-0.15, -0.1) is 5.10 Å². The first kappa shape index (κ1) is 16.8. The maximum absolute atomic E-state index is 12.6. The second kappa shape index (κ2) is 7.27. The van der Waals surface area contributed by atoms with Crippen molar-refractivity contribution in [1.82, 2.24) is 19.7 Å². The third kappa shape index (κ3) is 3.92. The summed E-state index contributed by atoms with van der Waals surface area (Å²) in [5.41, 5.74) is 1.12. The van der Waals surface area contributed by atoms with E-state index in [1.807, 2.05) is 35.2 Å². The van der Waals surface area contributed by atoms with Crippen LogP contribution < -0.4 is 5.32 Å². The highest BCUT2D eigenvalue weighted by atomic mass is 16.2. The second-order valence-corrected chi connectivity index (χ2v) is 7.14. The Hall–Kier alpha value is -2.70. The SMILES string of the molecule is O=C(Nc1ncn(Cc2ccccc2)n1)C1CCCN(C(=O)C2CC2)C1. The van der Waals surface area contributed by atoms with Gasteiger partial charge in [-0.3, -0.25) is 14.9 Å². The van der Waals surface area contributed by atoms with Gasteiger partial charge in [0.05, 0.1) is 12.5 Å². The Balaban J connectivity index is 1.33. The number of hydrogen-bond donors (Lipinski definition) is 1. The van der Waals surface area contributed by atoms with Gasteiger partial charge in [0, 0.05) is 19.0 Å². The van der Waals surface area contributed by atoms with E-state index in [1.165, 1.54) is 0 Å². The molecule has 1 aliphatic heterocycles. The first-order valence-electron chi connectivity index (χ1n) is 9.22. The molecule has 0 radical (unpaired) electrons. The predicted molar refractivity (Wildman–Crippen MR) is 96.2 cm³/mol. The van der Waals surface area contributed by atoms with Crippen molar-refractivity contribution < 1.29 is 9.59 Å². The molecule has 2 aliphatic rings. The smallest absolute Gasteiger partial charge is 0.248 e. The van der Waals surface area contributed by atoms with Crippen molar-refractivity contribution in [3.8, 4) is 0 Å². The lowest BCUT2D eigenvalue weighted by Crippen LogP contribution is -2.44. The van der Waals surface area contributed by atoms with Crippen molar-refractivity contribution in [1.29, 1.82) is 0 Å². The van der Waals surface area contributed by atoms with E-state index >= 15 is 0 Å². The number of amides is 2. The molecule has 1 N–H and O–H groups in total. The predicted octanol–water partition coefficient (Wildman–Crippen LogP) is 1.91. The molecule has 7 heteroatoms. The second-order valence-electron chi connectivity index (χ2n) is 7.14. The number of nitrogens with zero attached hydrogens (tertiary/aromatic N) is 4. The van der Waals surface area contributed by atoms with E-state index in [0.29, 0.717) is 19.0 Å². The highest BCUT2D eigenvalue weighted by molar-refractivity contribution is 5.91. The molecule has 2 aromatic rings. The molecular formula is C19H23N5O2. The largest absolute Gasteiger partial charge is 0.342 e. The molecule has 2 amide bonds. The van der Waals surface area contributed by atoms with Crippen LogP contribution in [0.2, 0.25) is 0 Å². The van der Waals surface area contributed by atoms with Gasteiger partial charge < -0.3 is 4.90 Å². The van der Waals surface area contributed by atoms with Gasteiger partial charge in [0.1, 0.15) is 6.33 Å². The van der Waals surface area contributed by atoms with Crippen molar-refractivity contribution in [2.45, 2.75) is 32.2 Å². The van der Waals surface area contributed by atoms with Crippen LogP contribution in [-0.2, 0) is 16.1 Å². The van der Waals surface area contributed by atoms with Crippen molar-refractivity contribution in [3.05, 3.63) is 42.2 Å². The molecule has 1 atom stereocenters. The zero-order valence-electron chi connectivity index (χ0n) is 14.7. The van der Waals surface area contributed by atoms with Crippen LogP contribution in [0, 0.1) is 11.8 Å². The van der Waals surface area contributed by atoms with Crippen LogP contribution in [0.25, 0.3) is 0 Å². The zero-order valence-corrected chi connectivity index (χ0v) is 14.7. The van der Waals surface area contributed by atoms with Gasteiger partial charge >= 0.3 is 0 Å². The number of carbonyl (C=O) groups is 2. The van der Waals surface area contributed by atoms with Crippen LogP contribution in [0.1, 0.15) is 31.2 Å². The molecule has 1 saturated heterocycles. The van der Waals surface area contributed by atoms with E-state index in [4.69, 9.17) is 0 Å². The van der Waals surface area contributed by atoms with Gasteiger partial charge in [0.2, 0.25) is 17.8 Å². The molecule has 4 rings (SSSR count). The lowest BCUT2D eigenvalue weighted by molar-refractivity contribution is -0.135. The van der Waals surface area contributed by atoms with Crippen LogP contribution in [0.4, 0.5) is 5.95 Å². The fourth-order valence-electron chi connectivity index (χ4n) is 3.39. The van der Waals surface area contributed by atoms with Gasteiger partial charge in [0.25, 0.3) is 0 Å². The van der Waals surface area contributed by atoms with Gasteiger partial charge in [-0.25, -0.2) is 9.67 Å². The van der Waals surface area contributed by atoms with Crippen molar-refractivity contribution in [2.75, 3.05) is 18.4 Å². The number of aromatic nitrogens is 3. The summed E-state index contributed by atoms with van der Waals surface area (Å²) in [7, 11) is 0. The van der Waals surface area contributed by atoms with Gasteiger partial charge in [0.15, 0.2) is 0 Å². The van der Waals surface area contributed by atoms with E-state index in [9.17, 15) is 9.59 Å². The van der Waals surface area contributed by atoms with E-state index < -0.39 is 0 Å². The highest BCUT2D eigenvalue weighted by Crippen LogP contribution is 2.32. The summed E-state index contributed by atoms with van der Waals surface area (Å²) >= 11 is 0.